The summed E-state index contributed by atoms with van der Waals surface area (Å²) in [5, 5.41) is 3.31. The van der Waals surface area contributed by atoms with Crippen LogP contribution in [0.3, 0.4) is 0 Å². The fourth-order valence-corrected chi connectivity index (χ4v) is 5.84. The molecule has 1 saturated carbocycles. The Balaban J connectivity index is 1.49. The largest absolute Gasteiger partial charge is 0.469 e. The number of hydrogen-bond donors (Lipinski definition) is 1. The number of nitrogens with zero attached hydrogens (tertiary/aromatic N) is 2. The second-order valence-corrected chi connectivity index (χ2v) is 10.8. The van der Waals surface area contributed by atoms with Gasteiger partial charge in [-0.3, -0.25) is 9.59 Å². The quantitative estimate of drug-likeness (QED) is 0.280. The smallest absolute Gasteiger partial charge is 0.332 e. The van der Waals surface area contributed by atoms with Gasteiger partial charge in [-0.05, 0) is 74.3 Å². The molecule has 3 aromatic rings. The zero-order valence-corrected chi connectivity index (χ0v) is 22.7. The molecule has 0 bridgehead atoms. The standard InChI is InChI=1S/C30H36FN3O5/c1-19-8-4-5-9-23(19)33-27(21-10-12-24-26(17-21)38-18-32-24)28(35)30(31,34-14-6-7-15-34)39-25-13-11-22(16-20(25)2)29(36)37-3/h4-5,8-10,12,17-18,20,22,25,27,33H,6-7,11,13-16H2,1-3H3. The zero-order valence-electron chi connectivity index (χ0n) is 22.7. The molecule has 0 radical (unpaired) electrons. The van der Waals surface area contributed by atoms with E-state index in [-0.39, 0.29) is 17.8 Å². The SMILES string of the molecule is COC(=O)C1CCC(OC(F)(C(=O)C(Nc2ccccc2C)c2ccc3ncoc3c2)N2CCCC2)C(C)C1. The van der Waals surface area contributed by atoms with Crippen molar-refractivity contribution in [2.75, 3.05) is 25.5 Å². The van der Waals surface area contributed by atoms with Crippen LogP contribution in [0.2, 0.25) is 0 Å². The molecule has 0 amide bonds. The Morgan fingerprint density at radius 1 is 1.18 bits per heavy atom. The molecule has 1 aromatic heterocycles. The highest BCUT2D eigenvalue weighted by atomic mass is 19.2. The number of aryl methyl sites for hydroxylation is 1. The Labute approximate surface area is 227 Å². The number of Topliss-reactive ketones (excluding diaryl/α,β-unsaturated/α-hetero) is 1. The van der Waals surface area contributed by atoms with Crippen molar-refractivity contribution < 1.29 is 27.9 Å². The van der Waals surface area contributed by atoms with Gasteiger partial charge >= 0.3 is 11.9 Å². The highest BCUT2D eigenvalue weighted by Crippen LogP contribution is 2.40. The number of anilines is 1. The minimum absolute atomic E-state index is 0.123. The number of ketones is 1. The number of para-hydroxylation sites is 1. The minimum Gasteiger partial charge on any atom is -0.469 e. The highest BCUT2D eigenvalue weighted by molar-refractivity contribution is 5.94. The van der Waals surface area contributed by atoms with E-state index in [1.807, 2.05) is 38.1 Å². The summed E-state index contributed by atoms with van der Waals surface area (Å²) in [6.07, 6.45) is 3.91. The number of nitrogens with one attached hydrogen (secondary N) is 1. The number of esters is 1. The van der Waals surface area contributed by atoms with Gasteiger partial charge in [-0.1, -0.05) is 31.2 Å². The molecule has 39 heavy (non-hydrogen) atoms. The fraction of sp³-hybridized carbons (Fsp3) is 0.500. The average molecular weight is 538 g/mol. The lowest BCUT2D eigenvalue weighted by molar-refractivity contribution is -0.260. The lowest BCUT2D eigenvalue weighted by Crippen LogP contribution is -2.57. The number of aromatic nitrogens is 1. The molecule has 2 aromatic carbocycles. The minimum atomic E-state index is -2.65. The molecule has 1 aliphatic carbocycles. The summed E-state index contributed by atoms with van der Waals surface area (Å²) in [4.78, 5) is 32.2. The fourth-order valence-electron chi connectivity index (χ4n) is 5.84. The Bertz CT molecular complexity index is 1320. The number of methoxy groups -OCH3 is 1. The van der Waals surface area contributed by atoms with Crippen LogP contribution in [0, 0.1) is 18.8 Å². The topological polar surface area (TPSA) is 93.9 Å². The number of rotatable bonds is 9. The van der Waals surface area contributed by atoms with Crippen molar-refractivity contribution in [3.05, 3.63) is 60.0 Å². The van der Waals surface area contributed by atoms with Gasteiger partial charge in [0, 0.05) is 18.8 Å². The van der Waals surface area contributed by atoms with Crippen molar-refractivity contribution in [2.45, 2.75) is 64.1 Å². The summed E-state index contributed by atoms with van der Waals surface area (Å²) < 4.78 is 34.0. The van der Waals surface area contributed by atoms with Crippen LogP contribution in [-0.4, -0.2) is 53.9 Å². The number of fused-ring (bicyclic) bond motifs is 1. The number of carbonyl (C=O) groups is 2. The molecule has 208 valence electrons. The van der Waals surface area contributed by atoms with E-state index in [0.29, 0.717) is 49.0 Å². The van der Waals surface area contributed by atoms with Crippen LogP contribution < -0.4 is 5.32 Å². The van der Waals surface area contributed by atoms with Gasteiger partial charge < -0.3 is 19.2 Å². The molecule has 5 unspecified atom stereocenters. The molecular formula is C30H36FN3O5. The van der Waals surface area contributed by atoms with Crippen molar-refractivity contribution in [3.8, 4) is 0 Å². The van der Waals surface area contributed by atoms with E-state index in [1.165, 1.54) is 18.4 Å². The van der Waals surface area contributed by atoms with Crippen LogP contribution in [0.1, 0.15) is 56.2 Å². The van der Waals surface area contributed by atoms with E-state index < -0.39 is 23.9 Å². The van der Waals surface area contributed by atoms with Crippen molar-refractivity contribution in [3.63, 3.8) is 0 Å². The molecule has 5 rings (SSSR count). The van der Waals surface area contributed by atoms with Crippen molar-refractivity contribution >= 4 is 28.5 Å². The first-order chi connectivity index (χ1) is 18.8. The van der Waals surface area contributed by atoms with Gasteiger partial charge in [0.25, 0.3) is 0 Å². The van der Waals surface area contributed by atoms with Gasteiger partial charge in [0.05, 0.1) is 19.1 Å². The van der Waals surface area contributed by atoms with Crippen LogP contribution in [0.15, 0.2) is 53.3 Å². The average Bonchev–Trinajstić information content (AvgIpc) is 3.65. The zero-order chi connectivity index (χ0) is 27.6. The third kappa shape index (κ3) is 5.56. The third-order valence-electron chi connectivity index (χ3n) is 8.15. The summed E-state index contributed by atoms with van der Waals surface area (Å²) in [7, 11) is 1.38. The Hall–Kier alpha value is -3.30. The van der Waals surface area contributed by atoms with E-state index in [4.69, 9.17) is 13.9 Å². The number of alkyl halides is 1. The molecule has 1 saturated heterocycles. The summed E-state index contributed by atoms with van der Waals surface area (Å²) >= 11 is 0. The molecule has 2 aliphatic rings. The maximum atomic E-state index is 17.3. The maximum absolute atomic E-state index is 17.3. The molecule has 9 heteroatoms. The molecule has 5 atom stereocenters. The normalized spacial score (nSPS) is 24.3. The lowest BCUT2D eigenvalue weighted by atomic mass is 9.80. The molecule has 0 spiro atoms. The second-order valence-electron chi connectivity index (χ2n) is 10.8. The lowest BCUT2D eigenvalue weighted by Gasteiger charge is -2.41. The maximum Gasteiger partial charge on any atom is 0.332 e. The van der Waals surface area contributed by atoms with Crippen LogP contribution >= 0.6 is 0 Å². The molecule has 1 aliphatic heterocycles. The van der Waals surface area contributed by atoms with Crippen LogP contribution in [0.25, 0.3) is 11.1 Å². The van der Waals surface area contributed by atoms with Crippen molar-refractivity contribution in [1.82, 2.24) is 9.88 Å². The predicted octanol–water partition coefficient (Wildman–Crippen LogP) is 5.57. The first-order valence-electron chi connectivity index (χ1n) is 13.7. The first-order valence-corrected chi connectivity index (χ1v) is 13.7. The van der Waals surface area contributed by atoms with E-state index in [0.717, 1.165) is 24.1 Å². The van der Waals surface area contributed by atoms with Crippen LogP contribution in [0.5, 0.6) is 0 Å². The molecule has 8 nitrogen and oxygen atoms in total. The molecule has 2 heterocycles. The van der Waals surface area contributed by atoms with Gasteiger partial charge in [-0.25, -0.2) is 9.88 Å². The Morgan fingerprint density at radius 3 is 2.67 bits per heavy atom. The van der Waals surface area contributed by atoms with Gasteiger partial charge in [0.2, 0.25) is 5.78 Å². The van der Waals surface area contributed by atoms with Gasteiger partial charge in [-0.2, -0.15) is 4.39 Å². The van der Waals surface area contributed by atoms with Gasteiger partial charge in [0.15, 0.2) is 12.0 Å². The number of carbonyl (C=O) groups excluding carboxylic acids is 2. The highest BCUT2D eigenvalue weighted by Gasteiger charge is 2.53. The van der Waals surface area contributed by atoms with E-state index in [2.05, 4.69) is 10.3 Å². The monoisotopic (exact) mass is 537 g/mol. The Morgan fingerprint density at radius 2 is 1.95 bits per heavy atom. The first kappa shape index (κ1) is 27.3. The second kappa shape index (κ2) is 11.4. The van der Waals surface area contributed by atoms with E-state index in [1.54, 1.807) is 18.2 Å². The number of halogens is 1. The summed E-state index contributed by atoms with van der Waals surface area (Å²) in [5.74, 6) is -3.99. The summed E-state index contributed by atoms with van der Waals surface area (Å²) in [6, 6.07) is 11.8. The third-order valence-corrected chi connectivity index (χ3v) is 8.15. The van der Waals surface area contributed by atoms with Gasteiger partial charge in [-0.15, -0.1) is 0 Å². The van der Waals surface area contributed by atoms with E-state index in [9.17, 15) is 9.59 Å². The van der Waals surface area contributed by atoms with Crippen LogP contribution in [0.4, 0.5) is 10.1 Å². The number of ether oxygens (including phenoxy) is 2. The molecule has 1 N–H and O–H groups in total. The predicted molar refractivity (Wildman–Crippen MR) is 145 cm³/mol. The van der Waals surface area contributed by atoms with Crippen molar-refractivity contribution in [2.24, 2.45) is 11.8 Å². The molecular weight excluding hydrogens is 501 g/mol. The van der Waals surface area contributed by atoms with Crippen LogP contribution in [-0.2, 0) is 19.1 Å². The van der Waals surface area contributed by atoms with Gasteiger partial charge in [0.1, 0.15) is 11.6 Å². The van der Waals surface area contributed by atoms with E-state index >= 15 is 4.39 Å². The number of benzene rings is 2. The Kier molecular flexibility index (Phi) is 8.00. The van der Waals surface area contributed by atoms with Crippen molar-refractivity contribution in [1.29, 1.82) is 0 Å². The number of oxazole rings is 1. The molecule has 2 fully saturated rings. The number of likely N-dealkylation sites (tertiary alicyclic amines) is 1. The summed E-state index contributed by atoms with van der Waals surface area (Å²) in [5.41, 5.74) is 3.37. The summed E-state index contributed by atoms with van der Waals surface area (Å²) in [6.45, 7) is 4.72. The number of hydrogen-bond acceptors (Lipinski definition) is 8.